The summed E-state index contributed by atoms with van der Waals surface area (Å²) in [5, 5.41) is 16.3. The Balaban J connectivity index is 1.82. The molecule has 2 aromatic carbocycles. The van der Waals surface area contributed by atoms with Crippen LogP contribution in [0.5, 0.6) is 5.75 Å². The van der Waals surface area contributed by atoms with Gasteiger partial charge in [0.1, 0.15) is 23.1 Å². The quantitative estimate of drug-likeness (QED) is 0.689. The lowest BCUT2D eigenvalue weighted by Gasteiger charge is -2.17. The molecule has 5 nitrogen and oxygen atoms in total. The molecule has 1 atom stereocenters. The average molecular weight is 336 g/mol. The Kier molecular flexibility index (Phi) is 4.84. The van der Waals surface area contributed by atoms with Gasteiger partial charge < -0.3 is 9.84 Å². The number of H-pyrrole nitrogens is 1. The molecule has 128 valence electrons. The Morgan fingerprint density at radius 2 is 1.76 bits per heavy atom. The maximum atomic E-state index is 11.5. The van der Waals surface area contributed by atoms with E-state index in [0.717, 1.165) is 11.1 Å². The van der Waals surface area contributed by atoms with Gasteiger partial charge in [0.15, 0.2) is 0 Å². The summed E-state index contributed by atoms with van der Waals surface area (Å²) in [7, 11) is 0. The van der Waals surface area contributed by atoms with E-state index in [4.69, 9.17) is 4.74 Å². The molecule has 1 heterocycles. The van der Waals surface area contributed by atoms with Gasteiger partial charge in [-0.05, 0) is 36.6 Å². The highest BCUT2D eigenvalue weighted by atomic mass is 16.5. The van der Waals surface area contributed by atoms with E-state index in [1.165, 1.54) is 0 Å². The smallest absolute Gasteiger partial charge is 0.339 e. The first-order valence-electron chi connectivity index (χ1n) is 8.20. The Bertz CT molecular complexity index is 854. The van der Waals surface area contributed by atoms with E-state index >= 15 is 0 Å². The number of aryl methyl sites for hydroxylation is 1. The van der Waals surface area contributed by atoms with E-state index in [-0.39, 0.29) is 5.56 Å². The predicted octanol–water partition coefficient (Wildman–Crippen LogP) is 4.61. The van der Waals surface area contributed by atoms with Crippen LogP contribution in [0.15, 0.2) is 54.6 Å². The van der Waals surface area contributed by atoms with Crippen LogP contribution in [0.4, 0.5) is 0 Å². The second-order valence-electron chi connectivity index (χ2n) is 5.82. The summed E-state index contributed by atoms with van der Waals surface area (Å²) in [6.45, 7) is 3.64. The first-order chi connectivity index (χ1) is 12.1. The highest BCUT2D eigenvalue weighted by Gasteiger charge is 2.24. The van der Waals surface area contributed by atoms with Crippen LogP contribution in [0.1, 0.15) is 41.2 Å². The standard InChI is InChI=1S/C20H20N2O3/c1-3-17(19-18(20(23)24)13(2)21-22-19)25-16-11-9-15(10-12-16)14-7-5-4-6-8-14/h4-12,17H,3H2,1-2H3,(H,21,22)(H,23,24). The molecule has 0 saturated carbocycles. The van der Waals surface area contributed by atoms with Gasteiger partial charge in [0, 0.05) is 5.69 Å². The Labute approximate surface area is 146 Å². The molecule has 0 fully saturated rings. The van der Waals surface area contributed by atoms with Crippen LogP contribution in [0.25, 0.3) is 11.1 Å². The number of hydrogen-bond donors (Lipinski definition) is 2. The fraction of sp³-hybridized carbons (Fsp3) is 0.200. The van der Waals surface area contributed by atoms with E-state index in [9.17, 15) is 9.90 Å². The van der Waals surface area contributed by atoms with Gasteiger partial charge in [-0.1, -0.05) is 49.4 Å². The molecule has 0 saturated heterocycles. The molecule has 3 rings (SSSR count). The third kappa shape index (κ3) is 3.55. The fourth-order valence-electron chi connectivity index (χ4n) is 2.80. The summed E-state index contributed by atoms with van der Waals surface area (Å²) in [5.41, 5.74) is 3.39. The number of aromatic amines is 1. The van der Waals surface area contributed by atoms with E-state index in [1.54, 1.807) is 6.92 Å². The minimum Gasteiger partial charge on any atom is -0.484 e. The molecule has 0 radical (unpaired) electrons. The molecule has 2 N–H and O–H groups in total. The SMILES string of the molecule is CCC(Oc1ccc(-c2ccccc2)cc1)c1n[nH]c(C)c1C(=O)O. The maximum absolute atomic E-state index is 11.5. The van der Waals surface area contributed by atoms with Gasteiger partial charge in [0.05, 0.1) is 0 Å². The average Bonchev–Trinajstić information content (AvgIpc) is 3.02. The molecule has 1 aromatic heterocycles. The van der Waals surface area contributed by atoms with Crippen molar-refractivity contribution in [2.24, 2.45) is 0 Å². The van der Waals surface area contributed by atoms with E-state index in [1.807, 2.05) is 49.4 Å². The van der Waals surface area contributed by atoms with Crippen LogP contribution in [0.3, 0.4) is 0 Å². The number of ether oxygens (including phenoxy) is 1. The Morgan fingerprint density at radius 1 is 1.12 bits per heavy atom. The van der Waals surface area contributed by atoms with E-state index in [0.29, 0.717) is 23.6 Å². The van der Waals surface area contributed by atoms with Crippen LogP contribution in [0, 0.1) is 6.92 Å². The third-order valence-corrected chi connectivity index (χ3v) is 4.10. The van der Waals surface area contributed by atoms with Crippen molar-refractivity contribution in [2.45, 2.75) is 26.4 Å². The van der Waals surface area contributed by atoms with E-state index in [2.05, 4.69) is 22.3 Å². The summed E-state index contributed by atoms with van der Waals surface area (Å²) < 4.78 is 6.00. The Morgan fingerprint density at radius 3 is 2.36 bits per heavy atom. The van der Waals surface area contributed by atoms with Gasteiger partial charge >= 0.3 is 5.97 Å². The van der Waals surface area contributed by atoms with Crippen molar-refractivity contribution < 1.29 is 14.6 Å². The summed E-state index contributed by atoms with van der Waals surface area (Å²) in [6, 6.07) is 17.9. The van der Waals surface area contributed by atoms with Gasteiger partial charge in [-0.2, -0.15) is 5.10 Å². The lowest BCUT2D eigenvalue weighted by molar-refractivity contribution is 0.0690. The lowest BCUT2D eigenvalue weighted by atomic mass is 10.1. The highest BCUT2D eigenvalue weighted by Crippen LogP contribution is 2.29. The van der Waals surface area contributed by atoms with Crippen molar-refractivity contribution in [1.82, 2.24) is 10.2 Å². The first kappa shape index (κ1) is 16.8. The van der Waals surface area contributed by atoms with Crippen molar-refractivity contribution in [1.29, 1.82) is 0 Å². The second kappa shape index (κ2) is 7.21. The molecule has 0 aliphatic carbocycles. The summed E-state index contributed by atoms with van der Waals surface area (Å²) in [6.07, 6.45) is 0.198. The van der Waals surface area contributed by atoms with Crippen LogP contribution < -0.4 is 4.74 Å². The van der Waals surface area contributed by atoms with Crippen molar-refractivity contribution in [3.8, 4) is 16.9 Å². The highest BCUT2D eigenvalue weighted by molar-refractivity contribution is 5.90. The number of nitrogens with zero attached hydrogens (tertiary/aromatic N) is 1. The molecular weight excluding hydrogens is 316 g/mol. The minimum atomic E-state index is -0.997. The number of nitrogens with one attached hydrogen (secondary N) is 1. The number of rotatable bonds is 6. The summed E-state index contributed by atoms with van der Waals surface area (Å²) >= 11 is 0. The number of carbonyl (C=O) groups is 1. The molecular formula is C20H20N2O3. The number of carboxylic acids is 1. The number of carboxylic acid groups (broad SMARTS) is 1. The van der Waals surface area contributed by atoms with Gasteiger partial charge in [-0.15, -0.1) is 0 Å². The van der Waals surface area contributed by atoms with Crippen LogP contribution in [-0.2, 0) is 0 Å². The number of aromatic nitrogens is 2. The zero-order valence-corrected chi connectivity index (χ0v) is 14.2. The molecule has 3 aromatic rings. The summed E-state index contributed by atoms with van der Waals surface area (Å²) in [4.78, 5) is 11.5. The summed E-state index contributed by atoms with van der Waals surface area (Å²) in [5.74, 6) is -0.314. The van der Waals surface area contributed by atoms with E-state index < -0.39 is 12.1 Å². The molecule has 25 heavy (non-hydrogen) atoms. The van der Waals surface area contributed by atoms with Crippen molar-refractivity contribution >= 4 is 5.97 Å². The second-order valence-corrected chi connectivity index (χ2v) is 5.82. The van der Waals surface area contributed by atoms with Crippen LogP contribution >= 0.6 is 0 Å². The van der Waals surface area contributed by atoms with Crippen molar-refractivity contribution in [2.75, 3.05) is 0 Å². The largest absolute Gasteiger partial charge is 0.484 e. The van der Waals surface area contributed by atoms with Crippen LogP contribution in [-0.4, -0.2) is 21.3 Å². The first-order valence-corrected chi connectivity index (χ1v) is 8.20. The van der Waals surface area contributed by atoms with Crippen molar-refractivity contribution in [3.63, 3.8) is 0 Å². The number of benzene rings is 2. The zero-order chi connectivity index (χ0) is 17.8. The van der Waals surface area contributed by atoms with Gasteiger partial charge in [0.2, 0.25) is 0 Å². The number of hydrogen-bond acceptors (Lipinski definition) is 3. The molecule has 0 spiro atoms. The fourth-order valence-corrected chi connectivity index (χ4v) is 2.80. The van der Waals surface area contributed by atoms with Crippen molar-refractivity contribution in [3.05, 3.63) is 71.5 Å². The lowest BCUT2D eigenvalue weighted by Crippen LogP contribution is -2.12. The Hall–Kier alpha value is -3.08. The zero-order valence-electron chi connectivity index (χ0n) is 14.2. The topological polar surface area (TPSA) is 75.2 Å². The molecule has 5 heteroatoms. The van der Waals surface area contributed by atoms with Gasteiger partial charge in [0.25, 0.3) is 0 Å². The molecule has 0 aliphatic heterocycles. The predicted molar refractivity (Wildman–Crippen MR) is 95.8 cm³/mol. The third-order valence-electron chi connectivity index (χ3n) is 4.10. The monoisotopic (exact) mass is 336 g/mol. The molecule has 0 amide bonds. The van der Waals surface area contributed by atoms with Crippen LogP contribution in [0.2, 0.25) is 0 Å². The minimum absolute atomic E-state index is 0.188. The van der Waals surface area contributed by atoms with Gasteiger partial charge in [-0.25, -0.2) is 4.79 Å². The normalized spacial score (nSPS) is 11.9. The number of aromatic carboxylic acids is 1. The van der Waals surface area contributed by atoms with Gasteiger partial charge in [-0.3, -0.25) is 5.10 Å². The maximum Gasteiger partial charge on any atom is 0.339 e. The molecule has 0 bridgehead atoms. The molecule has 1 unspecified atom stereocenters. The molecule has 0 aliphatic rings.